The largest absolute Gasteiger partial charge is 0.490 e. The molecule has 0 spiro atoms. The minimum absolute atomic E-state index is 0.0774. The second kappa shape index (κ2) is 11.1. The summed E-state index contributed by atoms with van der Waals surface area (Å²) in [5.41, 5.74) is 2.48. The first kappa shape index (κ1) is 22.3. The summed E-state index contributed by atoms with van der Waals surface area (Å²) in [5, 5.41) is 13.1. The summed E-state index contributed by atoms with van der Waals surface area (Å²) in [5.74, 6) is 0.676. The summed E-state index contributed by atoms with van der Waals surface area (Å²) in [7, 11) is 0. The summed E-state index contributed by atoms with van der Waals surface area (Å²) in [6, 6.07) is 19.3. The van der Waals surface area contributed by atoms with E-state index in [1.54, 1.807) is 48.7 Å². The van der Waals surface area contributed by atoms with Crippen LogP contribution in [-0.4, -0.2) is 12.8 Å². The van der Waals surface area contributed by atoms with Gasteiger partial charge in [-0.15, -0.1) is 0 Å². The zero-order valence-corrected chi connectivity index (χ0v) is 18.4. The molecule has 0 atom stereocenters. The van der Waals surface area contributed by atoms with Gasteiger partial charge in [0.1, 0.15) is 19.0 Å². The molecule has 31 heavy (non-hydrogen) atoms. The maximum absolute atomic E-state index is 13.9. The summed E-state index contributed by atoms with van der Waals surface area (Å²) < 4.78 is 26.0. The molecular weight excluding hydrogens is 463 g/mol. The average molecular weight is 483 g/mol. The van der Waals surface area contributed by atoms with Crippen LogP contribution in [0, 0.1) is 17.1 Å². The Hall–Kier alpha value is -3.37. The van der Waals surface area contributed by atoms with Crippen LogP contribution in [-0.2, 0) is 18.1 Å². The zero-order chi connectivity index (χ0) is 22.1. The zero-order valence-electron chi connectivity index (χ0n) is 16.8. The lowest BCUT2D eigenvalue weighted by atomic mass is 10.1. The van der Waals surface area contributed by atoms with Gasteiger partial charge in [0.2, 0.25) is 0 Å². The molecule has 0 N–H and O–H groups in total. The molecule has 0 aromatic heterocycles. The predicted octanol–water partition coefficient (Wildman–Crippen LogP) is 5.99. The molecule has 0 amide bonds. The molecule has 3 aromatic rings. The van der Waals surface area contributed by atoms with Crippen molar-refractivity contribution < 1.29 is 18.7 Å². The van der Waals surface area contributed by atoms with Crippen molar-refractivity contribution in [1.82, 2.24) is 0 Å². The van der Waals surface area contributed by atoms with Crippen LogP contribution in [0.5, 0.6) is 11.5 Å². The molecule has 0 heterocycles. The van der Waals surface area contributed by atoms with Crippen molar-refractivity contribution in [3.8, 4) is 17.6 Å². The number of nitrogens with zero attached hydrogens (tertiary/aromatic N) is 2. The number of oxime groups is 1. The molecule has 0 saturated heterocycles. The van der Waals surface area contributed by atoms with E-state index >= 15 is 0 Å². The molecule has 3 aromatic carbocycles. The fourth-order valence-electron chi connectivity index (χ4n) is 2.76. The van der Waals surface area contributed by atoms with Gasteiger partial charge in [-0.1, -0.05) is 41.6 Å². The van der Waals surface area contributed by atoms with E-state index in [0.717, 1.165) is 11.1 Å². The van der Waals surface area contributed by atoms with Crippen LogP contribution in [0.1, 0.15) is 29.2 Å². The molecule has 0 saturated carbocycles. The van der Waals surface area contributed by atoms with Gasteiger partial charge in [0.25, 0.3) is 0 Å². The van der Waals surface area contributed by atoms with E-state index in [1.165, 1.54) is 6.07 Å². The van der Waals surface area contributed by atoms with Crippen LogP contribution in [0.15, 0.2) is 70.3 Å². The molecule has 0 aliphatic heterocycles. The van der Waals surface area contributed by atoms with Crippen LogP contribution in [0.2, 0.25) is 0 Å². The van der Waals surface area contributed by atoms with E-state index in [-0.39, 0.29) is 19.0 Å². The SMILES string of the molecule is CCOc1cc(/C=N\OCc2ccccc2C#N)c(Br)cc1OCc1ccccc1F. The van der Waals surface area contributed by atoms with Gasteiger partial charge in [0.05, 0.1) is 24.5 Å². The van der Waals surface area contributed by atoms with Gasteiger partial charge < -0.3 is 14.3 Å². The molecule has 0 unspecified atom stereocenters. The maximum Gasteiger partial charge on any atom is 0.162 e. The molecule has 0 aliphatic rings. The fraction of sp³-hybridized carbons (Fsp3) is 0.167. The lowest BCUT2D eigenvalue weighted by Gasteiger charge is -2.14. The standard InChI is InChI=1S/C24H20BrFN2O3/c1-2-29-23-11-20(14-28-31-16-18-8-4-3-7-17(18)13-27)21(25)12-24(23)30-15-19-9-5-6-10-22(19)26/h3-12,14H,2,15-16H2,1H3/b28-14-. The Morgan fingerprint density at radius 2 is 1.71 bits per heavy atom. The van der Waals surface area contributed by atoms with Crippen LogP contribution in [0.4, 0.5) is 4.39 Å². The van der Waals surface area contributed by atoms with Crippen LogP contribution < -0.4 is 9.47 Å². The Balaban J connectivity index is 1.71. The van der Waals surface area contributed by atoms with Crippen LogP contribution in [0.3, 0.4) is 0 Å². The monoisotopic (exact) mass is 482 g/mol. The second-order valence-electron chi connectivity index (χ2n) is 6.41. The van der Waals surface area contributed by atoms with Crippen molar-refractivity contribution in [3.63, 3.8) is 0 Å². The van der Waals surface area contributed by atoms with Crippen molar-refractivity contribution in [1.29, 1.82) is 5.26 Å². The summed E-state index contributed by atoms with van der Waals surface area (Å²) >= 11 is 3.49. The first-order valence-corrected chi connectivity index (χ1v) is 10.4. The van der Waals surface area contributed by atoms with Gasteiger partial charge in [-0.25, -0.2) is 4.39 Å². The van der Waals surface area contributed by atoms with E-state index in [4.69, 9.17) is 19.6 Å². The molecule has 0 fully saturated rings. The van der Waals surface area contributed by atoms with Crippen molar-refractivity contribution in [2.75, 3.05) is 6.61 Å². The van der Waals surface area contributed by atoms with Crippen molar-refractivity contribution in [3.05, 3.63) is 93.2 Å². The summed E-state index contributed by atoms with van der Waals surface area (Å²) in [6.45, 7) is 2.57. The van der Waals surface area contributed by atoms with E-state index in [2.05, 4.69) is 27.2 Å². The number of hydrogen-bond donors (Lipinski definition) is 0. The van der Waals surface area contributed by atoms with Gasteiger partial charge >= 0.3 is 0 Å². The van der Waals surface area contributed by atoms with E-state index in [1.807, 2.05) is 19.1 Å². The Kier molecular flexibility index (Phi) is 8.02. The molecule has 158 valence electrons. The smallest absolute Gasteiger partial charge is 0.162 e. The van der Waals surface area contributed by atoms with Crippen LogP contribution in [0.25, 0.3) is 0 Å². The fourth-order valence-corrected chi connectivity index (χ4v) is 3.18. The number of benzene rings is 3. The molecule has 0 bridgehead atoms. The quantitative estimate of drug-likeness (QED) is 0.277. The highest BCUT2D eigenvalue weighted by Crippen LogP contribution is 2.34. The molecule has 3 rings (SSSR count). The van der Waals surface area contributed by atoms with E-state index < -0.39 is 0 Å². The van der Waals surface area contributed by atoms with Crippen molar-refractivity contribution in [2.45, 2.75) is 20.1 Å². The maximum atomic E-state index is 13.9. The van der Waals surface area contributed by atoms with E-state index in [9.17, 15) is 4.39 Å². The number of rotatable bonds is 9. The molecule has 0 aliphatic carbocycles. The molecule has 5 nitrogen and oxygen atoms in total. The first-order valence-electron chi connectivity index (χ1n) is 9.58. The molecule has 7 heteroatoms. The van der Waals surface area contributed by atoms with Crippen LogP contribution >= 0.6 is 15.9 Å². The third-order valence-corrected chi connectivity index (χ3v) is 5.01. The summed E-state index contributed by atoms with van der Waals surface area (Å²) in [6.07, 6.45) is 1.54. The Morgan fingerprint density at radius 1 is 1.00 bits per heavy atom. The van der Waals surface area contributed by atoms with Crippen molar-refractivity contribution >= 4 is 22.1 Å². The topological polar surface area (TPSA) is 63.8 Å². The normalized spacial score (nSPS) is 10.6. The summed E-state index contributed by atoms with van der Waals surface area (Å²) in [4.78, 5) is 5.35. The minimum Gasteiger partial charge on any atom is -0.490 e. The Bertz CT molecular complexity index is 1110. The number of halogens is 2. The lowest BCUT2D eigenvalue weighted by Crippen LogP contribution is -2.02. The highest BCUT2D eigenvalue weighted by Gasteiger charge is 2.12. The van der Waals surface area contributed by atoms with E-state index in [0.29, 0.717) is 33.7 Å². The lowest BCUT2D eigenvalue weighted by molar-refractivity contribution is 0.132. The number of nitriles is 1. The molecule has 0 radical (unpaired) electrons. The van der Waals surface area contributed by atoms with Gasteiger partial charge in [-0.3, -0.25) is 0 Å². The molecular formula is C24H20BrFN2O3. The van der Waals surface area contributed by atoms with Crippen molar-refractivity contribution in [2.24, 2.45) is 5.16 Å². The highest BCUT2D eigenvalue weighted by molar-refractivity contribution is 9.10. The van der Waals surface area contributed by atoms with Gasteiger partial charge in [0.15, 0.2) is 11.5 Å². The van der Waals surface area contributed by atoms with Gasteiger partial charge in [0, 0.05) is 21.2 Å². The second-order valence-corrected chi connectivity index (χ2v) is 7.26. The minimum atomic E-state index is -0.321. The van der Waals surface area contributed by atoms with Gasteiger partial charge in [-0.2, -0.15) is 5.26 Å². The first-order chi connectivity index (χ1) is 15.1. The predicted molar refractivity (Wildman–Crippen MR) is 120 cm³/mol. The average Bonchev–Trinajstić information content (AvgIpc) is 2.78. The Labute approximate surface area is 188 Å². The Morgan fingerprint density at radius 3 is 2.45 bits per heavy atom. The third-order valence-electron chi connectivity index (χ3n) is 4.33. The highest BCUT2D eigenvalue weighted by atomic mass is 79.9. The third kappa shape index (κ3) is 6.06. The number of hydrogen-bond acceptors (Lipinski definition) is 5. The number of ether oxygens (including phenoxy) is 2. The van der Waals surface area contributed by atoms with Gasteiger partial charge in [-0.05, 0) is 47.1 Å².